The van der Waals surface area contributed by atoms with E-state index >= 15 is 0 Å². The van der Waals surface area contributed by atoms with E-state index in [1.807, 2.05) is 19.1 Å². The molecule has 19 heavy (non-hydrogen) atoms. The number of halogens is 1. The van der Waals surface area contributed by atoms with Crippen LogP contribution in [0.3, 0.4) is 0 Å². The molecule has 3 rings (SSSR count). The molecule has 0 saturated carbocycles. The molecule has 1 aliphatic rings. The highest BCUT2D eigenvalue weighted by molar-refractivity contribution is 9.10. The van der Waals surface area contributed by atoms with Gasteiger partial charge >= 0.3 is 5.97 Å². The molecule has 0 atom stereocenters. The number of hydrogen-bond acceptors (Lipinski definition) is 2. The second kappa shape index (κ2) is 4.67. The van der Waals surface area contributed by atoms with Crippen molar-refractivity contribution in [3.8, 4) is 0 Å². The number of carbonyl (C=O) groups excluding carboxylic acids is 1. The standard InChI is InChI=1S/C15H16BrNO2/c1-3-19-15(18)11-7-10-5-4-6-17-9(2)13(16)12(8-11)14(10)17/h7-8H,3-6H2,1-2H3. The summed E-state index contributed by atoms with van der Waals surface area (Å²) in [5, 5.41) is 1.12. The summed E-state index contributed by atoms with van der Waals surface area (Å²) < 4.78 is 8.54. The third-order valence-electron chi connectivity index (χ3n) is 3.76. The van der Waals surface area contributed by atoms with Gasteiger partial charge in [-0.15, -0.1) is 0 Å². The fraction of sp³-hybridized carbons (Fsp3) is 0.400. The van der Waals surface area contributed by atoms with Gasteiger partial charge < -0.3 is 9.30 Å². The Morgan fingerprint density at radius 1 is 1.47 bits per heavy atom. The van der Waals surface area contributed by atoms with Crippen molar-refractivity contribution in [1.29, 1.82) is 0 Å². The van der Waals surface area contributed by atoms with Gasteiger partial charge in [0.15, 0.2) is 0 Å². The molecule has 0 amide bonds. The number of benzene rings is 1. The van der Waals surface area contributed by atoms with E-state index < -0.39 is 0 Å². The minimum absolute atomic E-state index is 0.233. The molecule has 0 fully saturated rings. The van der Waals surface area contributed by atoms with Crippen molar-refractivity contribution < 1.29 is 9.53 Å². The zero-order valence-electron chi connectivity index (χ0n) is 11.1. The van der Waals surface area contributed by atoms with Crippen molar-refractivity contribution in [2.45, 2.75) is 33.2 Å². The van der Waals surface area contributed by atoms with E-state index in [0.717, 1.165) is 29.2 Å². The second-order valence-corrected chi connectivity index (χ2v) is 5.70. The summed E-state index contributed by atoms with van der Waals surface area (Å²) >= 11 is 3.65. The van der Waals surface area contributed by atoms with E-state index in [1.54, 1.807) is 0 Å². The SMILES string of the molecule is CCOC(=O)c1cc2c3c(c1)c(Br)c(C)n3CCC2. The van der Waals surface area contributed by atoms with Crippen LogP contribution in [-0.4, -0.2) is 17.1 Å². The first kappa shape index (κ1) is 12.7. The van der Waals surface area contributed by atoms with Crippen molar-refractivity contribution in [2.75, 3.05) is 6.61 Å². The van der Waals surface area contributed by atoms with Gasteiger partial charge in [0.2, 0.25) is 0 Å². The number of carbonyl (C=O) groups is 1. The Hall–Kier alpha value is -1.29. The minimum Gasteiger partial charge on any atom is -0.462 e. The average Bonchev–Trinajstić information content (AvgIpc) is 2.66. The maximum absolute atomic E-state index is 11.9. The molecule has 0 spiro atoms. The fourth-order valence-electron chi connectivity index (χ4n) is 2.89. The van der Waals surface area contributed by atoms with E-state index in [1.165, 1.54) is 16.8 Å². The van der Waals surface area contributed by atoms with Crippen LogP contribution < -0.4 is 0 Å². The van der Waals surface area contributed by atoms with Crippen LogP contribution in [0.4, 0.5) is 0 Å². The Labute approximate surface area is 120 Å². The van der Waals surface area contributed by atoms with Gasteiger partial charge in [0.25, 0.3) is 0 Å². The molecular weight excluding hydrogens is 306 g/mol. The van der Waals surface area contributed by atoms with Crippen LogP contribution in [0.1, 0.15) is 35.0 Å². The molecule has 0 radical (unpaired) electrons. The van der Waals surface area contributed by atoms with Crippen LogP contribution in [0.15, 0.2) is 16.6 Å². The minimum atomic E-state index is -0.233. The highest BCUT2D eigenvalue weighted by Crippen LogP contribution is 2.36. The van der Waals surface area contributed by atoms with Gasteiger partial charge in [-0.05, 0) is 60.3 Å². The first-order valence-corrected chi connectivity index (χ1v) is 7.41. The first-order valence-electron chi connectivity index (χ1n) is 6.61. The molecule has 0 aliphatic carbocycles. The van der Waals surface area contributed by atoms with Crippen molar-refractivity contribution in [1.82, 2.24) is 4.57 Å². The van der Waals surface area contributed by atoms with Crippen molar-refractivity contribution in [2.24, 2.45) is 0 Å². The maximum atomic E-state index is 11.9. The Morgan fingerprint density at radius 2 is 2.26 bits per heavy atom. The summed E-state index contributed by atoms with van der Waals surface area (Å²) in [6, 6.07) is 3.93. The maximum Gasteiger partial charge on any atom is 0.338 e. The van der Waals surface area contributed by atoms with E-state index in [9.17, 15) is 4.79 Å². The number of hydrogen-bond donors (Lipinski definition) is 0. The topological polar surface area (TPSA) is 31.2 Å². The molecule has 0 saturated heterocycles. The molecule has 0 N–H and O–H groups in total. The molecule has 2 aromatic rings. The van der Waals surface area contributed by atoms with Gasteiger partial charge in [-0.2, -0.15) is 0 Å². The van der Waals surface area contributed by atoms with Crippen LogP contribution >= 0.6 is 15.9 Å². The molecule has 4 heteroatoms. The summed E-state index contributed by atoms with van der Waals surface area (Å²) in [6.07, 6.45) is 2.15. The Bertz CT molecular complexity index is 673. The highest BCUT2D eigenvalue weighted by Gasteiger charge is 2.21. The number of rotatable bonds is 2. The summed E-state index contributed by atoms with van der Waals surface area (Å²) in [5.41, 5.74) is 4.41. The zero-order valence-corrected chi connectivity index (χ0v) is 12.7. The Balaban J connectivity index is 2.26. The third-order valence-corrected chi connectivity index (χ3v) is 4.76. The quantitative estimate of drug-likeness (QED) is 0.787. The van der Waals surface area contributed by atoms with E-state index in [2.05, 4.69) is 27.4 Å². The molecule has 0 bridgehead atoms. The molecule has 0 unspecified atom stereocenters. The van der Waals surface area contributed by atoms with Gasteiger partial charge in [-0.1, -0.05) is 0 Å². The lowest BCUT2D eigenvalue weighted by Gasteiger charge is -2.17. The van der Waals surface area contributed by atoms with Crippen LogP contribution in [0.5, 0.6) is 0 Å². The van der Waals surface area contributed by atoms with Crippen LogP contribution in [-0.2, 0) is 17.7 Å². The first-order chi connectivity index (χ1) is 9.13. The predicted octanol–water partition coefficient (Wildman–Crippen LogP) is 3.84. The van der Waals surface area contributed by atoms with Gasteiger partial charge in [-0.3, -0.25) is 0 Å². The summed E-state index contributed by atoms with van der Waals surface area (Å²) in [7, 11) is 0. The summed E-state index contributed by atoms with van der Waals surface area (Å²) in [5.74, 6) is -0.233. The van der Waals surface area contributed by atoms with E-state index in [4.69, 9.17) is 4.74 Å². The molecule has 100 valence electrons. The molecule has 2 heterocycles. The number of aryl methyl sites for hydroxylation is 2. The van der Waals surface area contributed by atoms with Crippen molar-refractivity contribution in [3.05, 3.63) is 33.4 Å². The van der Waals surface area contributed by atoms with Gasteiger partial charge in [-0.25, -0.2) is 4.79 Å². The van der Waals surface area contributed by atoms with Crippen molar-refractivity contribution >= 4 is 32.8 Å². The lowest BCUT2D eigenvalue weighted by atomic mass is 10.0. The summed E-state index contributed by atoms with van der Waals surface area (Å²) in [4.78, 5) is 11.9. The van der Waals surface area contributed by atoms with Gasteiger partial charge in [0.05, 0.1) is 17.7 Å². The molecular formula is C15H16BrNO2. The molecule has 1 aromatic heterocycles. The summed E-state index contributed by atoms with van der Waals surface area (Å²) in [6.45, 7) is 5.41. The number of esters is 1. The average molecular weight is 322 g/mol. The number of ether oxygens (including phenoxy) is 1. The smallest absolute Gasteiger partial charge is 0.338 e. The molecule has 1 aliphatic heterocycles. The highest BCUT2D eigenvalue weighted by atomic mass is 79.9. The second-order valence-electron chi connectivity index (χ2n) is 4.91. The monoisotopic (exact) mass is 321 g/mol. The predicted molar refractivity (Wildman–Crippen MR) is 78.7 cm³/mol. The lowest BCUT2D eigenvalue weighted by Crippen LogP contribution is -2.11. The van der Waals surface area contributed by atoms with E-state index in [0.29, 0.717) is 12.2 Å². The fourth-order valence-corrected chi connectivity index (χ4v) is 3.41. The normalized spacial score (nSPS) is 13.8. The number of aromatic nitrogens is 1. The lowest BCUT2D eigenvalue weighted by molar-refractivity contribution is 0.0526. The third kappa shape index (κ3) is 1.89. The zero-order chi connectivity index (χ0) is 13.6. The molecule has 3 nitrogen and oxygen atoms in total. The van der Waals surface area contributed by atoms with Crippen LogP contribution in [0.25, 0.3) is 10.9 Å². The van der Waals surface area contributed by atoms with Crippen LogP contribution in [0, 0.1) is 6.92 Å². The molecule has 1 aromatic carbocycles. The Morgan fingerprint density at radius 3 is 3.00 bits per heavy atom. The van der Waals surface area contributed by atoms with Gasteiger partial charge in [0.1, 0.15) is 0 Å². The Kier molecular flexibility index (Phi) is 3.13. The van der Waals surface area contributed by atoms with Crippen molar-refractivity contribution in [3.63, 3.8) is 0 Å². The number of nitrogens with zero attached hydrogens (tertiary/aromatic N) is 1. The largest absolute Gasteiger partial charge is 0.462 e. The van der Waals surface area contributed by atoms with Gasteiger partial charge in [0, 0.05) is 22.1 Å². The van der Waals surface area contributed by atoms with E-state index in [-0.39, 0.29) is 5.97 Å². The van der Waals surface area contributed by atoms with Crippen LogP contribution in [0.2, 0.25) is 0 Å².